The van der Waals surface area contributed by atoms with Crippen molar-refractivity contribution in [2.24, 2.45) is 0 Å². The van der Waals surface area contributed by atoms with Crippen LogP contribution in [0.1, 0.15) is 27.9 Å². The number of hydrogen-bond acceptors (Lipinski definition) is 5. The minimum atomic E-state index is -4.63. The lowest BCUT2D eigenvalue weighted by Crippen LogP contribution is -2.40. The lowest BCUT2D eigenvalue weighted by Gasteiger charge is -2.30. The number of nitrogens with one attached hydrogen (secondary N) is 1. The summed E-state index contributed by atoms with van der Waals surface area (Å²) in [6, 6.07) is 8.20. The predicted molar refractivity (Wildman–Crippen MR) is 100 cm³/mol. The van der Waals surface area contributed by atoms with Crippen molar-refractivity contribution >= 4 is 28.3 Å². The first-order chi connectivity index (χ1) is 13.8. The molecule has 2 heterocycles. The van der Waals surface area contributed by atoms with E-state index in [9.17, 15) is 22.8 Å². The summed E-state index contributed by atoms with van der Waals surface area (Å²) in [5.41, 5.74) is 0.233. The molecule has 1 unspecified atom stereocenters. The third-order valence-electron chi connectivity index (χ3n) is 4.06. The molecule has 0 aliphatic rings. The average molecular weight is 423 g/mol. The second kappa shape index (κ2) is 8.48. The van der Waals surface area contributed by atoms with Crippen molar-refractivity contribution in [3.63, 3.8) is 0 Å². The Labute approximate surface area is 168 Å². The van der Waals surface area contributed by atoms with E-state index < -0.39 is 24.0 Å². The first-order valence-electron chi connectivity index (χ1n) is 8.42. The highest BCUT2D eigenvalue weighted by Crippen LogP contribution is 2.37. The number of anilines is 1. The molecule has 2 aromatic heterocycles. The lowest BCUT2D eigenvalue weighted by atomic mass is 10.0. The third-order valence-corrected chi connectivity index (χ3v) is 4.86. The molecule has 0 bridgehead atoms. The molecule has 0 spiro atoms. The van der Waals surface area contributed by atoms with Crippen LogP contribution in [0.25, 0.3) is 0 Å². The van der Waals surface area contributed by atoms with Crippen molar-refractivity contribution < 1.29 is 27.2 Å². The fourth-order valence-electron chi connectivity index (χ4n) is 2.70. The van der Waals surface area contributed by atoms with E-state index in [1.165, 1.54) is 42.0 Å². The molecule has 10 heteroatoms. The van der Waals surface area contributed by atoms with Gasteiger partial charge in [0, 0.05) is 12.4 Å². The van der Waals surface area contributed by atoms with E-state index in [1.807, 2.05) is 0 Å². The molecule has 0 radical (unpaired) electrons. The van der Waals surface area contributed by atoms with E-state index in [4.69, 9.17) is 4.42 Å². The number of hydrogen-bond donors (Lipinski definition) is 1. The summed E-state index contributed by atoms with van der Waals surface area (Å²) >= 11 is 1.06. The van der Waals surface area contributed by atoms with Crippen LogP contribution in [0.2, 0.25) is 0 Å². The fraction of sp³-hybridized carbons (Fsp3) is 0.211. The van der Waals surface area contributed by atoms with Crippen LogP contribution in [0.3, 0.4) is 0 Å². The van der Waals surface area contributed by atoms with Gasteiger partial charge in [-0.1, -0.05) is 30.3 Å². The van der Waals surface area contributed by atoms with Gasteiger partial charge in [0.25, 0.3) is 5.91 Å². The van der Waals surface area contributed by atoms with E-state index in [0.717, 1.165) is 18.4 Å². The molecule has 0 aliphatic heterocycles. The minimum absolute atomic E-state index is 0.0273. The van der Waals surface area contributed by atoms with Gasteiger partial charge in [0.2, 0.25) is 5.91 Å². The van der Waals surface area contributed by atoms with Crippen LogP contribution in [0.15, 0.2) is 58.5 Å². The van der Waals surface area contributed by atoms with Crippen molar-refractivity contribution in [3.8, 4) is 0 Å². The monoisotopic (exact) mass is 423 g/mol. The van der Waals surface area contributed by atoms with Crippen molar-refractivity contribution in [1.82, 2.24) is 9.88 Å². The summed E-state index contributed by atoms with van der Waals surface area (Å²) in [4.78, 5) is 29.2. The van der Waals surface area contributed by atoms with Crippen LogP contribution in [0.5, 0.6) is 0 Å². The summed E-state index contributed by atoms with van der Waals surface area (Å²) in [5.74, 6) is -1.17. The van der Waals surface area contributed by atoms with Crippen molar-refractivity contribution in [1.29, 1.82) is 0 Å². The zero-order chi connectivity index (χ0) is 21.0. The first-order valence-corrected chi connectivity index (χ1v) is 9.30. The molecule has 0 aliphatic carbocycles. The Morgan fingerprint density at radius 3 is 2.55 bits per heavy atom. The van der Waals surface area contributed by atoms with Gasteiger partial charge < -0.3 is 9.32 Å². The molecule has 1 aromatic carbocycles. The lowest BCUT2D eigenvalue weighted by molar-refractivity contribution is -0.188. The molecular weight excluding hydrogens is 407 g/mol. The molecule has 6 nitrogen and oxygen atoms in total. The van der Waals surface area contributed by atoms with E-state index in [0.29, 0.717) is 4.90 Å². The first kappa shape index (κ1) is 20.6. The van der Waals surface area contributed by atoms with Gasteiger partial charge >= 0.3 is 6.18 Å². The Morgan fingerprint density at radius 2 is 1.93 bits per heavy atom. The number of halogens is 3. The Bertz CT molecular complexity index is 972. The largest absolute Gasteiger partial charge is 0.459 e. The molecule has 0 saturated heterocycles. The molecule has 0 fully saturated rings. The fourth-order valence-corrected chi connectivity index (χ4v) is 3.41. The zero-order valence-corrected chi connectivity index (χ0v) is 16.0. The molecule has 0 saturated carbocycles. The minimum Gasteiger partial charge on any atom is -0.459 e. The standard InChI is InChI=1S/C19H16F3N3O3S/c1-25(16(19(20,21)22)12-6-3-2-4-7-12)15(26)10-13-11-29-18(23-13)24-17(27)14-8-5-9-28-14/h2-9,11,16H,10H2,1H3,(H,23,24,27). The summed E-state index contributed by atoms with van der Waals surface area (Å²) in [6.07, 6.45) is -3.61. The number of furan rings is 1. The van der Waals surface area contributed by atoms with Crippen LogP contribution in [-0.4, -0.2) is 34.9 Å². The maximum Gasteiger partial charge on any atom is 0.413 e. The number of carbonyl (C=O) groups excluding carboxylic acids is 2. The maximum absolute atomic E-state index is 13.6. The van der Waals surface area contributed by atoms with Crippen molar-refractivity contribution in [3.05, 3.63) is 71.1 Å². The van der Waals surface area contributed by atoms with E-state index >= 15 is 0 Å². The van der Waals surface area contributed by atoms with Crippen LogP contribution in [0, 0.1) is 0 Å². The van der Waals surface area contributed by atoms with Crippen LogP contribution in [0.4, 0.5) is 18.3 Å². The summed E-state index contributed by atoms with van der Waals surface area (Å²) in [5, 5.41) is 4.23. The normalized spacial score (nSPS) is 12.4. The van der Waals surface area contributed by atoms with Gasteiger partial charge in [-0.05, 0) is 17.7 Å². The smallest absolute Gasteiger partial charge is 0.413 e. The highest BCUT2D eigenvalue weighted by atomic mass is 32.1. The molecular formula is C19H16F3N3O3S. The number of alkyl halides is 3. The topological polar surface area (TPSA) is 75.4 Å². The van der Waals surface area contributed by atoms with Crippen LogP contribution < -0.4 is 5.32 Å². The molecule has 3 aromatic rings. The molecule has 1 atom stereocenters. The summed E-state index contributed by atoms with van der Waals surface area (Å²) in [6.45, 7) is 0. The molecule has 2 amide bonds. The quantitative estimate of drug-likeness (QED) is 0.642. The van der Waals surface area contributed by atoms with E-state index in [2.05, 4.69) is 10.3 Å². The van der Waals surface area contributed by atoms with Crippen LogP contribution >= 0.6 is 11.3 Å². The summed E-state index contributed by atoms with van der Waals surface area (Å²) in [7, 11) is 1.11. The van der Waals surface area contributed by atoms with Crippen molar-refractivity contribution in [2.75, 3.05) is 12.4 Å². The number of nitrogens with zero attached hydrogens (tertiary/aromatic N) is 2. The van der Waals surface area contributed by atoms with Gasteiger partial charge in [-0.2, -0.15) is 13.2 Å². The van der Waals surface area contributed by atoms with E-state index in [1.54, 1.807) is 12.1 Å². The van der Waals surface area contributed by atoms with Gasteiger partial charge in [0.15, 0.2) is 16.9 Å². The molecule has 152 valence electrons. The number of rotatable bonds is 6. The SMILES string of the molecule is CN(C(=O)Cc1csc(NC(=O)c2ccco2)n1)C(c1ccccc1)C(F)(F)F. The number of aromatic nitrogens is 1. The van der Waals surface area contributed by atoms with Gasteiger partial charge in [0.05, 0.1) is 18.4 Å². The Kier molecular flexibility index (Phi) is 6.02. The molecule has 3 rings (SSSR count). The van der Waals surface area contributed by atoms with Crippen molar-refractivity contribution in [2.45, 2.75) is 18.6 Å². The second-order valence-corrected chi connectivity index (χ2v) is 6.97. The summed E-state index contributed by atoms with van der Waals surface area (Å²) < 4.78 is 45.7. The Morgan fingerprint density at radius 1 is 1.21 bits per heavy atom. The molecule has 1 N–H and O–H groups in total. The van der Waals surface area contributed by atoms with Crippen LogP contribution in [-0.2, 0) is 11.2 Å². The number of amides is 2. The van der Waals surface area contributed by atoms with Gasteiger partial charge in [0.1, 0.15) is 0 Å². The highest BCUT2D eigenvalue weighted by molar-refractivity contribution is 7.14. The Hall–Kier alpha value is -3.14. The number of likely N-dealkylation sites (N-methyl/N-ethyl adjacent to an activating group) is 1. The number of benzene rings is 1. The molecule has 29 heavy (non-hydrogen) atoms. The Balaban J connectivity index is 1.69. The zero-order valence-electron chi connectivity index (χ0n) is 15.1. The predicted octanol–water partition coefficient (Wildman–Crippen LogP) is 4.29. The number of thiazole rings is 1. The second-order valence-electron chi connectivity index (χ2n) is 6.11. The van der Waals surface area contributed by atoms with Gasteiger partial charge in [-0.25, -0.2) is 4.98 Å². The highest BCUT2D eigenvalue weighted by Gasteiger charge is 2.45. The maximum atomic E-state index is 13.6. The van der Waals surface area contributed by atoms with Gasteiger partial charge in [-0.15, -0.1) is 11.3 Å². The third kappa shape index (κ3) is 5.02. The average Bonchev–Trinajstić information content (AvgIpc) is 3.33. The van der Waals surface area contributed by atoms with Gasteiger partial charge in [-0.3, -0.25) is 14.9 Å². The van der Waals surface area contributed by atoms with E-state index in [-0.39, 0.29) is 28.6 Å². The number of carbonyl (C=O) groups is 2.